The Morgan fingerprint density at radius 3 is 1.48 bits per heavy atom. The molecular formula is C47H50Cl2F6Zr-2. The van der Waals surface area contributed by atoms with Crippen molar-refractivity contribution in [1.82, 2.24) is 0 Å². The van der Waals surface area contributed by atoms with E-state index >= 15 is 0 Å². The largest absolute Gasteiger partial charge is 1.00 e. The minimum atomic E-state index is -4.49. The van der Waals surface area contributed by atoms with E-state index in [0.717, 1.165) is 54.9 Å². The van der Waals surface area contributed by atoms with Crippen LogP contribution in [0.1, 0.15) is 124 Å². The summed E-state index contributed by atoms with van der Waals surface area (Å²) in [7, 11) is 0. The molecule has 1 aliphatic rings. The summed E-state index contributed by atoms with van der Waals surface area (Å²) >= 11 is 0.729. The van der Waals surface area contributed by atoms with Crippen LogP contribution in [0.5, 0.6) is 0 Å². The molecule has 0 unspecified atom stereocenters. The van der Waals surface area contributed by atoms with E-state index in [-0.39, 0.29) is 46.8 Å². The fourth-order valence-corrected chi connectivity index (χ4v) is 7.27. The molecule has 0 N–H and O–H groups in total. The van der Waals surface area contributed by atoms with Gasteiger partial charge in [-0.1, -0.05) is 105 Å². The van der Waals surface area contributed by atoms with Crippen LogP contribution in [0.4, 0.5) is 26.3 Å². The van der Waals surface area contributed by atoms with Crippen molar-refractivity contribution in [1.29, 1.82) is 0 Å². The number of benzene rings is 4. The van der Waals surface area contributed by atoms with Crippen LogP contribution in [0.15, 0.2) is 91.0 Å². The second-order valence-corrected chi connectivity index (χ2v) is 18.5. The van der Waals surface area contributed by atoms with Gasteiger partial charge in [0.25, 0.3) is 0 Å². The van der Waals surface area contributed by atoms with Crippen molar-refractivity contribution >= 4 is 3.21 Å². The summed E-state index contributed by atoms with van der Waals surface area (Å²) in [5, 5.41) is 0. The number of fused-ring (bicyclic) bond motifs is 3. The van der Waals surface area contributed by atoms with Gasteiger partial charge in [-0.15, -0.1) is 11.1 Å². The fourth-order valence-electron chi connectivity index (χ4n) is 6.51. The Morgan fingerprint density at radius 1 is 0.589 bits per heavy atom. The minimum absolute atomic E-state index is 0. The first-order valence-electron chi connectivity index (χ1n) is 18.0. The van der Waals surface area contributed by atoms with Gasteiger partial charge in [-0.05, 0) is 28.4 Å². The van der Waals surface area contributed by atoms with Gasteiger partial charge in [0.2, 0.25) is 0 Å². The van der Waals surface area contributed by atoms with Crippen LogP contribution >= 0.6 is 0 Å². The zero-order valence-electron chi connectivity index (χ0n) is 33.9. The Kier molecular flexibility index (Phi) is 16.2. The van der Waals surface area contributed by atoms with Crippen LogP contribution in [0.3, 0.4) is 0 Å². The maximum atomic E-state index is 12.7. The van der Waals surface area contributed by atoms with Gasteiger partial charge in [0, 0.05) is 0 Å². The summed E-state index contributed by atoms with van der Waals surface area (Å²) in [6, 6.07) is 28.9. The van der Waals surface area contributed by atoms with Crippen LogP contribution in [0.25, 0.3) is 11.1 Å². The van der Waals surface area contributed by atoms with Crippen LogP contribution in [-0.2, 0) is 59.3 Å². The molecule has 0 saturated carbocycles. The number of hydrogen-bond acceptors (Lipinski definition) is 0. The molecule has 1 aliphatic carbocycles. The van der Waals surface area contributed by atoms with Gasteiger partial charge >= 0.3 is 137 Å². The van der Waals surface area contributed by atoms with Gasteiger partial charge in [0.05, 0.1) is 0 Å². The Bertz CT molecular complexity index is 2000. The Hall–Kier alpha value is -2.86. The van der Waals surface area contributed by atoms with Crippen molar-refractivity contribution in [2.75, 3.05) is 0 Å². The van der Waals surface area contributed by atoms with E-state index in [1.165, 1.54) is 74.3 Å². The topological polar surface area (TPSA) is 0 Å². The van der Waals surface area contributed by atoms with E-state index in [0.29, 0.717) is 8.62 Å². The van der Waals surface area contributed by atoms with Gasteiger partial charge in [0.1, 0.15) is 0 Å². The summed E-state index contributed by atoms with van der Waals surface area (Å²) in [6.45, 7) is 24.7. The van der Waals surface area contributed by atoms with E-state index in [9.17, 15) is 26.3 Å². The molecule has 0 radical (unpaired) electrons. The predicted molar refractivity (Wildman–Crippen MR) is 207 cm³/mol. The van der Waals surface area contributed by atoms with Gasteiger partial charge in [0.15, 0.2) is 0 Å². The molecule has 300 valence electrons. The van der Waals surface area contributed by atoms with Crippen molar-refractivity contribution in [2.45, 2.75) is 111 Å². The Balaban J connectivity index is 0.000000300. The number of aryl methyl sites for hydroxylation is 2. The standard InChI is InChI=1S/C21H25.C15H8F6.C11H17.2ClH.Zr/c1-20(2,3)16-7-9-18-14(12-16)11-15-13-17(21(4,5)6)8-10-19(15)18;16-14(17,18)12-5-1-3-10(8-12)7-11-4-2-6-13(9-11)15(19,20)21;1-8-6-9(2)10(7-8)11(3,4)5;;;/h7-10,12H,11H2,1-6H3;1-6,8-9H;6-7H,1-5H3;2*1H;/q-1;;-1;;;+2/p-2. The number of rotatable bonds is 2. The van der Waals surface area contributed by atoms with E-state index in [1.807, 2.05) is 0 Å². The molecule has 0 amide bonds. The summed E-state index contributed by atoms with van der Waals surface area (Å²) in [5.41, 5.74) is 12.2. The average molecular weight is 891 g/mol. The van der Waals surface area contributed by atoms with Crippen molar-refractivity contribution in [3.63, 3.8) is 0 Å². The molecule has 6 rings (SSSR count). The third-order valence-electron chi connectivity index (χ3n) is 9.47. The van der Waals surface area contributed by atoms with E-state index in [2.05, 4.69) is 125 Å². The quantitative estimate of drug-likeness (QED) is 0.123. The molecule has 0 aromatic heterocycles. The average Bonchev–Trinajstić information content (AvgIpc) is 3.61. The molecule has 9 heteroatoms. The molecule has 0 heterocycles. The molecule has 56 heavy (non-hydrogen) atoms. The molecule has 0 bridgehead atoms. The molecule has 0 saturated heterocycles. The Labute approximate surface area is 357 Å². The van der Waals surface area contributed by atoms with E-state index in [4.69, 9.17) is 0 Å². The summed E-state index contributed by atoms with van der Waals surface area (Å²) in [6.07, 6.45) is -7.95. The number of alkyl halides is 6. The number of halogens is 8. The van der Waals surface area contributed by atoms with Crippen molar-refractivity contribution in [3.8, 4) is 11.1 Å². The number of hydrogen-bond donors (Lipinski definition) is 0. The predicted octanol–water partition coefficient (Wildman–Crippen LogP) is 7.82. The van der Waals surface area contributed by atoms with Crippen molar-refractivity contribution in [3.05, 3.63) is 158 Å². The molecule has 0 spiro atoms. The zero-order chi connectivity index (χ0) is 40.6. The molecule has 5 aromatic carbocycles. The zero-order valence-corrected chi connectivity index (χ0v) is 37.9. The summed E-state index contributed by atoms with van der Waals surface area (Å²) in [4.78, 5) is 0. The molecule has 0 atom stereocenters. The molecular weight excluding hydrogens is 841 g/mol. The van der Waals surface area contributed by atoms with Gasteiger partial charge in [-0.3, -0.25) is 0 Å². The van der Waals surface area contributed by atoms with Crippen LogP contribution in [0.2, 0.25) is 0 Å². The summed E-state index contributed by atoms with van der Waals surface area (Å²) < 4.78 is 76.7. The third-order valence-corrected chi connectivity index (χ3v) is 10.9. The normalized spacial score (nSPS) is 12.5. The van der Waals surface area contributed by atoms with Gasteiger partial charge in [-0.25, -0.2) is 6.07 Å². The van der Waals surface area contributed by atoms with Crippen LogP contribution < -0.4 is 24.8 Å². The van der Waals surface area contributed by atoms with Gasteiger partial charge < -0.3 is 24.8 Å². The fraction of sp³-hybridized carbons (Fsp3) is 0.362. The molecule has 5 aromatic rings. The van der Waals surface area contributed by atoms with Gasteiger partial charge in [-0.2, -0.15) is 46.5 Å². The first kappa shape index (κ1) is 49.3. The molecule has 0 fully saturated rings. The third kappa shape index (κ3) is 12.6. The van der Waals surface area contributed by atoms with Crippen molar-refractivity contribution < 1.29 is 75.4 Å². The van der Waals surface area contributed by atoms with E-state index < -0.39 is 23.5 Å². The molecule has 0 nitrogen and oxygen atoms in total. The first-order chi connectivity index (χ1) is 24.7. The maximum absolute atomic E-state index is 12.7. The SMILES string of the molecule is CC(C)(C)c1[c-]c2c(cc1)-c1ccc(C(C)(C)C)cc1C2.Cc1cc(C(C)(C)C)c(C)[cH-]1.FC(F)(F)c1cccc([C](=[Zr+2])c2cccc(C(F)(F)F)c2)c1.[Cl-].[Cl-]. The van der Waals surface area contributed by atoms with E-state index in [1.54, 1.807) is 0 Å². The Morgan fingerprint density at radius 2 is 1.09 bits per heavy atom. The second kappa shape index (κ2) is 18.4. The maximum Gasteiger partial charge on any atom is -1.00 e. The second-order valence-electron chi connectivity index (χ2n) is 17.2. The van der Waals surface area contributed by atoms with Crippen molar-refractivity contribution in [2.24, 2.45) is 0 Å². The van der Waals surface area contributed by atoms with Crippen LogP contribution in [0, 0.1) is 19.9 Å². The minimum Gasteiger partial charge on any atom is -1.00 e. The smallest absolute Gasteiger partial charge is 1.00 e. The summed E-state index contributed by atoms with van der Waals surface area (Å²) in [5.74, 6) is 0. The molecule has 0 aliphatic heterocycles. The first-order valence-corrected chi connectivity index (χ1v) is 19.3. The van der Waals surface area contributed by atoms with Crippen LogP contribution in [-0.4, -0.2) is 3.21 Å². The monoisotopic (exact) mass is 888 g/mol.